The fourth-order valence-electron chi connectivity index (χ4n) is 1.38. The molecule has 0 amide bonds. The first-order valence-corrected chi connectivity index (χ1v) is 5.48. The van der Waals surface area contributed by atoms with Crippen molar-refractivity contribution in [1.82, 2.24) is 9.97 Å². The molecule has 0 bridgehead atoms. The predicted molar refractivity (Wildman–Crippen MR) is 65.2 cm³/mol. The molecule has 2 aromatic rings. The summed E-state index contributed by atoms with van der Waals surface area (Å²) in [5, 5.41) is 8.47. The molecule has 0 unspecified atom stereocenters. The number of hydrogen-bond acceptors (Lipinski definition) is 4. The fraction of sp³-hybridized carbons (Fsp3) is 0.154. The number of nitrogens with zero attached hydrogens (tertiary/aromatic N) is 2. The first-order chi connectivity index (χ1) is 8.75. The molecular weight excluding hydrogens is 232 g/mol. The van der Waals surface area contributed by atoms with Crippen LogP contribution in [0.1, 0.15) is 6.42 Å². The van der Waals surface area contributed by atoms with Gasteiger partial charge < -0.3 is 9.84 Å². The summed E-state index contributed by atoms with van der Waals surface area (Å²) in [7, 11) is 0. The molecule has 5 heteroatoms. The average molecular weight is 244 g/mol. The van der Waals surface area contributed by atoms with Gasteiger partial charge in [-0.1, -0.05) is 30.3 Å². The minimum Gasteiger partial charge on any atom is -0.490 e. The van der Waals surface area contributed by atoms with Gasteiger partial charge in [-0.2, -0.15) is 0 Å². The molecular formula is C13H12N2O3. The van der Waals surface area contributed by atoms with E-state index in [0.29, 0.717) is 11.6 Å². The molecule has 0 aliphatic rings. The topological polar surface area (TPSA) is 72.3 Å². The van der Waals surface area contributed by atoms with Crippen LogP contribution in [-0.2, 0) is 4.79 Å². The molecule has 0 aliphatic heterocycles. The summed E-state index contributed by atoms with van der Waals surface area (Å²) < 4.78 is 5.20. The summed E-state index contributed by atoms with van der Waals surface area (Å²) in [6.45, 7) is 0.114. The Bertz CT molecular complexity index is 512. The van der Waals surface area contributed by atoms with Gasteiger partial charge in [0, 0.05) is 5.56 Å². The maximum absolute atomic E-state index is 10.3. The van der Waals surface area contributed by atoms with Crippen LogP contribution in [-0.4, -0.2) is 27.7 Å². The van der Waals surface area contributed by atoms with Crippen LogP contribution in [0.5, 0.6) is 5.75 Å². The van der Waals surface area contributed by atoms with Gasteiger partial charge in [0.15, 0.2) is 11.6 Å². The van der Waals surface area contributed by atoms with Crippen LogP contribution >= 0.6 is 0 Å². The SMILES string of the molecule is O=C(O)CCOc1cnc(-c2ccccc2)nc1. The van der Waals surface area contributed by atoms with Crippen LogP contribution in [0.3, 0.4) is 0 Å². The largest absolute Gasteiger partial charge is 0.490 e. The van der Waals surface area contributed by atoms with Crippen molar-refractivity contribution in [2.75, 3.05) is 6.61 Å². The lowest BCUT2D eigenvalue weighted by molar-refractivity contribution is -0.137. The molecule has 2 rings (SSSR count). The molecule has 0 aliphatic carbocycles. The normalized spacial score (nSPS) is 10.0. The number of aliphatic carboxylic acids is 1. The van der Waals surface area contributed by atoms with E-state index in [9.17, 15) is 4.79 Å². The van der Waals surface area contributed by atoms with Crippen LogP contribution in [0.2, 0.25) is 0 Å². The Balaban J connectivity index is 2.00. The summed E-state index contributed by atoms with van der Waals surface area (Å²) in [5.41, 5.74) is 0.926. The van der Waals surface area contributed by atoms with Crippen LogP contribution in [0, 0.1) is 0 Å². The number of ether oxygens (including phenoxy) is 1. The highest BCUT2D eigenvalue weighted by atomic mass is 16.5. The van der Waals surface area contributed by atoms with Crippen LogP contribution < -0.4 is 4.74 Å². The van der Waals surface area contributed by atoms with Gasteiger partial charge in [-0.3, -0.25) is 4.79 Å². The highest BCUT2D eigenvalue weighted by Crippen LogP contribution is 2.15. The Morgan fingerprint density at radius 2 is 1.83 bits per heavy atom. The van der Waals surface area contributed by atoms with E-state index in [1.54, 1.807) is 0 Å². The second kappa shape index (κ2) is 5.77. The maximum atomic E-state index is 10.3. The smallest absolute Gasteiger partial charge is 0.306 e. The van der Waals surface area contributed by atoms with Crippen molar-refractivity contribution in [3.8, 4) is 17.1 Å². The van der Waals surface area contributed by atoms with Crippen molar-refractivity contribution in [2.24, 2.45) is 0 Å². The lowest BCUT2D eigenvalue weighted by Crippen LogP contribution is -2.05. The van der Waals surface area contributed by atoms with Gasteiger partial charge in [0.05, 0.1) is 25.4 Å². The van der Waals surface area contributed by atoms with E-state index in [1.807, 2.05) is 30.3 Å². The van der Waals surface area contributed by atoms with Crippen molar-refractivity contribution < 1.29 is 14.6 Å². The van der Waals surface area contributed by atoms with Gasteiger partial charge in [-0.25, -0.2) is 9.97 Å². The number of carboxylic acids is 1. The van der Waals surface area contributed by atoms with Crippen molar-refractivity contribution in [3.05, 3.63) is 42.7 Å². The van der Waals surface area contributed by atoms with E-state index in [1.165, 1.54) is 12.4 Å². The molecule has 1 heterocycles. The number of rotatable bonds is 5. The molecule has 18 heavy (non-hydrogen) atoms. The third kappa shape index (κ3) is 3.28. The maximum Gasteiger partial charge on any atom is 0.306 e. The van der Waals surface area contributed by atoms with Gasteiger partial charge in [-0.15, -0.1) is 0 Å². The lowest BCUT2D eigenvalue weighted by Gasteiger charge is -2.04. The van der Waals surface area contributed by atoms with Gasteiger partial charge in [0.25, 0.3) is 0 Å². The molecule has 1 aromatic heterocycles. The summed E-state index contributed by atoms with van der Waals surface area (Å²) >= 11 is 0. The quantitative estimate of drug-likeness (QED) is 0.870. The molecule has 0 saturated carbocycles. The second-order valence-corrected chi connectivity index (χ2v) is 3.60. The van der Waals surface area contributed by atoms with Crippen molar-refractivity contribution in [2.45, 2.75) is 6.42 Å². The minimum atomic E-state index is -0.892. The molecule has 0 radical (unpaired) electrons. The molecule has 1 aromatic carbocycles. The zero-order chi connectivity index (χ0) is 12.8. The third-order valence-electron chi connectivity index (χ3n) is 2.24. The van der Waals surface area contributed by atoms with Crippen LogP contribution in [0.25, 0.3) is 11.4 Å². The Morgan fingerprint density at radius 1 is 1.17 bits per heavy atom. The van der Waals surface area contributed by atoms with E-state index < -0.39 is 5.97 Å². The number of carboxylic acid groups (broad SMARTS) is 1. The third-order valence-corrected chi connectivity index (χ3v) is 2.24. The zero-order valence-corrected chi connectivity index (χ0v) is 9.61. The summed E-state index contributed by atoms with van der Waals surface area (Å²) in [5.74, 6) is 0.189. The number of carbonyl (C=O) groups is 1. The first-order valence-electron chi connectivity index (χ1n) is 5.48. The van der Waals surface area contributed by atoms with Gasteiger partial charge in [0.2, 0.25) is 0 Å². The summed E-state index contributed by atoms with van der Waals surface area (Å²) in [6.07, 6.45) is 3.04. The zero-order valence-electron chi connectivity index (χ0n) is 9.61. The molecule has 0 saturated heterocycles. The molecule has 0 atom stereocenters. The fourth-order valence-corrected chi connectivity index (χ4v) is 1.38. The lowest BCUT2D eigenvalue weighted by atomic mass is 10.2. The number of hydrogen-bond donors (Lipinski definition) is 1. The summed E-state index contributed by atoms with van der Waals surface area (Å²) in [6, 6.07) is 9.58. The van der Waals surface area contributed by atoms with Gasteiger partial charge in [-0.05, 0) is 0 Å². The van der Waals surface area contributed by atoms with Crippen LogP contribution in [0.15, 0.2) is 42.7 Å². The van der Waals surface area contributed by atoms with Crippen molar-refractivity contribution >= 4 is 5.97 Å². The highest BCUT2D eigenvalue weighted by molar-refractivity contribution is 5.66. The van der Waals surface area contributed by atoms with E-state index in [0.717, 1.165) is 5.56 Å². The van der Waals surface area contributed by atoms with Crippen molar-refractivity contribution in [1.29, 1.82) is 0 Å². The van der Waals surface area contributed by atoms with E-state index >= 15 is 0 Å². The highest BCUT2D eigenvalue weighted by Gasteiger charge is 2.02. The molecule has 0 spiro atoms. The van der Waals surface area contributed by atoms with Gasteiger partial charge >= 0.3 is 5.97 Å². The predicted octanol–water partition coefficient (Wildman–Crippen LogP) is 2.00. The summed E-state index contributed by atoms with van der Waals surface area (Å²) in [4.78, 5) is 18.6. The van der Waals surface area contributed by atoms with E-state index in [4.69, 9.17) is 9.84 Å². The Labute approximate surface area is 104 Å². The Hall–Kier alpha value is -2.43. The molecule has 1 N–H and O–H groups in total. The monoisotopic (exact) mass is 244 g/mol. The Morgan fingerprint density at radius 3 is 2.44 bits per heavy atom. The Kier molecular flexibility index (Phi) is 3.86. The molecule has 92 valence electrons. The molecule has 5 nitrogen and oxygen atoms in total. The van der Waals surface area contributed by atoms with Crippen molar-refractivity contribution in [3.63, 3.8) is 0 Å². The van der Waals surface area contributed by atoms with Gasteiger partial charge in [0.1, 0.15) is 0 Å². The number of aromatic nitrogens is 2. The van der Waals surface area contributed by atoms with E-state index in [-0.39, 0.29) is 13.0 Å². The minimum absolute atomic E-state index is 0.0412. The second-order valence-electron chi connectivity index (χ2n) is 3.60. The van der Waals surface area contributed by atoms with Crippen LogP contribution in [0.4, 0.5) is 0 Å². The molecule has 0 fully saturated rings. The standard InChI is InChI=1S/C13H12N2O3/c16-12(17)6-7-18-11-8-14-13(15-9-11)10-4-2-1-3-5-10/h1-5,8-9H,6-7H2,(H,16,17). The average Bonchev–Trinajstić information content (AvgIpc) is 2.40. The number of benzene rings is 1. The van der Waals surface area contributed by atoms with E-state index in [2.05, 4.69) is 9.97 Å². The first kappa shape index (κ1) is 12.0.